The molecule has 5 rings (SSSR count). The second kappa shape index (κ2) is 12.1. The van der Waals surface area contributed by atoms with Crippen molar-refractivity contribution in [2.24, 2.45) is 0 Å². The van der Waals surface area contributed by atoms with E-state index in [1.54, 1.807) is 24.3 Å². The molecule has 1 unspecified atom stereocenters. The second-order valence-corrected chi connectivity index (χ2v) is 10.1. The van der Waals surface area contributed by atoms with Gasteiger partial charge in [-0.3, -0.25) is 4.79 Å². The van der Waals surface area contributed by atoms with E-state index < -0.39 is 86.5 Å². The van der Waals surface area contributed by atoms with Gasteiger partial charge in [0.05, 0.1) is 19.6 Å². The molecule has 0 radical (unpaired) electrons. The van der Waals surface area contributed by atoms with E-state index in [9.17, 15) is 45.6 Å². The molecule has 14 heteroatoms. The van der Waals surface area contributed by atoms with E-state index in [1.807, 2.05) is 6.07 Å². The number of ketones is 1. The van der Waals surface area contributed by atoms with E-state index in [4.69, 9.17) is 23.7 Å². The number of rotatable bonds is 7. The summed E-state index contributed by atoms with van der Waals surface area (Å²) < 4.78 is 27.9. The van der Waals surface area contributed by atoms with Gasteiger partial charge in [0.2, 0.25) is 6.29 Å². The van der Waals surface area contributed by atoms with Gasteiger partial charge in [0, 0.05) is 12.1 Å². The van der Waals surface area contributed by atoms with Crippen LogP contribution in [0.25, 0.3) is 0 Å². The Morgan fingerprint density at radius 2 is 1.44 bits per heavy atom. The molecule has 0 amide bonds. The van der Waals surface area contributed by atoms with Gasteiger partial charge in [-0.05, 0) is 5.56 Å². The van der Waals surface area contributed by atoms with Gasteiger partial charge >= 0.3 is 0 Å². The number of ether oxygens (including phenoxy) is 5. The zero-order valence-corrected chi connectivity index (χ0v) is 21.5. The molecule has 2 aromatic carbocycles. The van der Waals surface area contributed by atoms with Crippen molar-refractivity contribution in [2.45, 2.75) is 73.9 Å². The molecule has 0 bridgehead atoms. The van der Waals surface area contributed by atoms with Crippen molar-refractivity contribution in [3.05, 3.63) is 53.6 Å². The molecule has 0 saturated carbocycles. The minimum atomic E-state index is -1.77. The lowest BCUT2D eigenvalue weighted by Gasteiger charge is -2.42. The lowest BCUT2D eigenvalue weighted by molar-refractivity contribution is -0.323. The predicted molar refractivity (Wildman–Crippen MR) is 134 cm³/mol. The largest absolute Gasteiger partial charge is 0.507 e. The molecule has 3 aliphatic heterocycles. The fraction of sp³-hybridized carbons (Fsp3) is 0.519. The number of hydrogen-bond acceptors (Lipinski definition) is 14. The number of aromatic hydroxyl groups is 1. The Labute approximate surface area is 233 Å². The molecule has 2 aromatic rings. The van der Waals surface area contributed by atoms with Gasteiger partial charge in [-0.15, -0.1) is 0 Å². The zero-order valence-electron chi connectivity index (χ0n) is 21.5. The summed E-state index contributed by atoms with van der Waals surface area (Å²) in [7, 11) is 0. The Bertz CT molecular complexity index is 1210. The molecule has 0 aromatic heterocycles. The maximum Gasteiger partial charge on any atom is 0.229 e. The predicted octanol–water partition coefficient (Wildman–Crippen LogP) is -1.90. The van der Waals surface area contributed by atoms with Gasteiger partial charge in [-0.1, -0.05) is 30.3 Å². The first-order chi connectivity index (χ1) is 19.6. The Kier molecular flexibility index (Phi) is 8.77. The first kappa shape index (κ1) is 29.6. The van der Waals surface area contributed by atoms with Crippen LogP contribution in [0.2, 0.25) is 0 Å². The third-order valence-electron chi connectivity index (χ3n) is 7.34. The highest BCUT2D eigenvalue weighted by atomic mass is 16.7. The lowest BCUT2D eigenvalue weighted by Crippen LogP contribution is -2.62. The summed E-state index contributed by atoms with van der Waals surface area (Å²) in [5.74, 6) is -0.813. The van der Waals surface area contributed by atoms with E-state index in [1.165, 1.54) is 6.07 Å². The van der Waals surface area contributed by atoms with E-state index in [0.717, 1.165) is 11.6 Å². The van der Waals surface area contributed by atoms with Crippen LogP contribution in [0.3, 0.4) is 0 Å². The number of carbonyl (C=O) groups is 1. The topological polar surface area (TPSA) is 225 Å². The van der Waals surface area contributed by atoms with E-state index in [0.29, 0.717) is 0 Å². The Balaban J connectivity index is 1.29. The number of hydrogen-bond donors (Lipinski definition) is 8. The molecule has 3 heterocycles. The first-order valence-corrected chi connectivity index (χ1v) is 13.0. The third-order valence-corrected chi connectivity index (χ3v) is 7.34. The van der Waals surface area contributed by atoms with Crippen molar-refractivity contribution >= 4 is 5.78 Å². The fourth-order valence-corrected chi connectivity index (χ4v) is 5.02. The van der Waals surface area contributed by atoms with Crippen LogP contribution in [0.1, 0.15) is 28.4 Å². The highest BCUT2D eigenvalue weighted by Gasteiger charge is 2.48. The van der Waals surface area contributed by atoms with Crippen molar-refractivity contribution < 1.29 is 69.3 Å². The smallest absolute Gasteiger partial charge is 0.229 e. The SMILES string of the molecule is O=C1CC(c2ccccc2)Oc2cc(O[C@@H]3O[C@H](CO[C@@H]4O[C@H](CO)[C@@H](O)[C@H](O)[C@H]4O)[C@@H](O)[C@H](O)[C@H]3O)cc(O)c21. The number of Topliss-reactive ketones (excluding diaryl/α,β-unsaturated/α-hetero) is 1. The number of fused-ring (bicyclic) bond motifs is 1. The van der Waals surface area contributed by atoms with Crippen molar-refractivity contribution in [2.75, 3.05) is 13.2 Å². The second-order valence-electron chi connectivity index (χ2n) is 10.1. The van der Waals surface area contributed by atoms with E-state index in [-0.39, 0.29) is 29.3 Å². The quantitative estimate of drug-likeness (QED) is 0.179. The van der Waals surface area contributed by atoms with Crippen LogP contribution in [-0.4, -0.2) is 121 Å². The van der Waals surface area contributed by atoms with Gasteiger partial charge < -0.3 is 64.5 Å². The molecular formula is C27H32O14. The summed E-state index contributed by atoms with van der Waals surface area (Å²) in [6.45, 7) is -1.22. The summed E-state index contributed by atoms with van der Waals surface area (Å²) in [5, 5.41) is 81.3. The number of phenolic OH excluding ortho intramolecular Hbond substituents is 1. The minimum Gasteiger partial charge on any atom is -0.507 e. The zero-order chi connectivity index (χ0) is 29.4. The monoisotopic (exact) mass is 580 g/mol. The number of benzene rings is 2. The number of carbonyl (C=O) groups excluding carboxylic acids is 1. The van der Waals surface area contributed by atoms with Crippen LogP contribution in [0, 0.1) is 0 Å². The lowest BCUT2D eigenvalue weighted by atomic mass is 9.95. The fourth-order valence-electron chi connectivity index (χ4n) is 5.02. The molecule has 2 fully saturated rings. The Morgan fingerprint density at radius 3 is 2.12 bits per heavy atom. The van der Waals surface area contributed by atoms with Crippen LogP contribution in [0.15, 0.2) is 42.5 Å². The third kappa shape index (κ3) is 5.89. The van der Waals surface area contributed by atoms with Gasteiger partial charge in [-0.25, -0.2) is 0 Å². The Hall–Kier alpha value is -2.89. The van der Waals surface area contributed by atoms with Crippen LogP contribution < -0.4 is 9.47 Å². The molecule has 0 aliphatic carbocycles. The van der Waals surface area contributed by atoms with E-state index in [2.05, 4.69) is 0 Å². The van der Waals surface area contributed by atoms with Gasteiger partial charge in [-0.2, -0.15) is 0 Å². The highest BCUT2D eigenvalue weighted by Crippen LogP contribution is 2.42. The highest BCUT2D eigenvalue weighted by molar-refractivity contribution is 6.02. The van der Waals surface area contributed by atoms with Crippen molar-refractivity contribution in [1.29, 1.82) is 0 Å². The molecule has 2 saturated heterocycles. The minimum absolute atomic E-state index is 0.00936. The normalized spacial score (nSPS) is 37.2. The first-order valence-electron chi connectivity index (χ1n) is 13.0. The summed E-state index contributed by atoms with van der Waals surface area (Å²) in [5.41, 5.74) is 0.721. The molecule has 8 N–H and O–H groups in total. The average Bonchev–Trinajstić information content (AvgIpc) is 2.96. The number of phenols is 1. The molecule has 11 atom stereocenters. The summed E-state index contributed by atoms with van der Waals surface area (Å²) in [6.07, 6.45) is -16.5. The molecular weight excluding hydrogens is 548 g/mol. The molecule has 41 heavy (non-hydrogen) atoms. The standard InChI is InChI=1S/C27H32O14/c28-9-17-20(31)22(33)24(35)26(40-17)37-10-18-21(32)23(34)25(36)27(41-18)38-12-6-13(29)19-14(30)8-15(39-16(19)7-12)11-4-2-1-3-5-11/h1-7,15,17-18,20-29,31-36H,8-10H2/t15?,17-,18-,20-,21-,22+,23+,24-,25-,26-,27-/m1/s1. The van der Waals surface area contributed by atoms with Crippen molar-refractivity contribution in [1.82, 2.24) is 0 Å². The Morgan fingerprint density at radius 1 is 0.805 bits per heavy atom. The molecule has 3 aliphatic rings. The molecule has 0 spiro atoms. The summed E-state index contributed by atoms with van der Waals surface area (Å²) in [4.78, 5) is 12.8. The maximum absolute atomic E-state index is 12.8. The maximum atomic E-state index is 12.8. The summed E-state index contributed by atoms with van der Waals surface area (Å²) >= 11 is 0. The van der Waals surface area contributed by atoms with Crippen LogP contribution in [0.4, 0.5) is 0 Å². The van der Waals surface area contributed by atoms with Gasteiger partial charge in [0.25, 0.3) is 0 Å². The van der Waals surface area contributed by atoms with Crippen LogP contribution >= 0.6 is 0 Å². The van der Waals surface area contributed by atoms with Crippen molar-refractivity contribution in [3.63, 3.8) is 0 Å². The van der Waals surface area contributed by atoms with Gasteiger partial charge in [0.1, 0.15) is 77.7 Å². The van der Waals surface area contributed by atoms with Crippen LogP contribution in [0.5, 0.6) is 17.2 Å². The number of aliphatic hydroxyl groups excluding tert-OH is 7. The van der Waals surface area contributed by atoms with Gasteiger partial charge in [0.15, 0.2) is 12.1 Å². The molecule has 14 nitrogen and oxygen atoms in total. The molecule has 224 valence electrons. The summed E-state index contributed by atoms with van der Waals surface area (Å²) in [6, 6.07) is 11.5. The van der Waals surface area contributed by atoms with Crippen LogP contribution in [-0.2, 0) is 14.2 Å². The number of aliphatic hydroxyl groups is 7. The average molecular weight is 581 g/mol. The van der Waals surface area contributed by atoms with E-state index >= 15 is 0 Å². The van der Waals surface area contributed by atoms with Crippen molar-refractivity contribution in [3.8, 4) is 17.2 Å².